The van der Waals surface area contributed by atoms with Crippen molar-refractivity contribution >= 4 is 56.1 Å². The van der Waals surface area contributed by atoms with E-state index in [1.807, 2.05) is 6.92 Å². The summed E-state index contributed by atoms with van der Waals surface area (Å²) in [7, 11) is -0.157. The molecule has 0 atom stereocenters. The molecule has 0 aliphatic carbocycles. The normalized spacial score (nSPS) is 10.9. The van der Waals surface area contributed by atoms with Gasteiger partial charge in [0.25, 0.3) is 0 Å². The van der Waals surface area contributed by atoms with E-state index in [9.17, 15) is 0 Å². The lowest BCUT2D eigenvalue weighted by Crippen LogP contribution is -2.06. The van der Waals surface area contributed by atoms with Crippen LogP contribution in [0.5, 0.6) is 11.5 Å². The van der Waals surface area contributed by atoms with Gasteiger partial charge in [0, 0.05) is 6.61 Å². The average molecular weight is 695 g/mol. The van der Waals surface area contributed by atoms with Gasteiger partial charge in [0.1, 0.15) is 18.1 Å². The van der Waals surface area contributed by atoms with Gasteiger partial charge in [-0.15, -0.1) is 0 Å². The van der Waals surface area contributed by atoms with Gasteiger partial charge in [-0.1, -0.05) is 36.4 Å². The van der Waals surface area contributed by atoms with Crippen LogP contribution in [0.3, 0.4) is 0 Å². The van der Waals surface area contributed by atoms with E-state index in [4.69, 9.17) is 14.2 Å². The minimum atomic E-state index is -0.157. The van der Waals surface area contributed by atoms with Crippen molar-refractivity contribution in [2.75, 3.05) is 13.4 Å². The van der Waals surface area contributed by atoms with E-state index in [1.54, 1.807) is 0 Å². The molecule has 0 aromatic heterocycles. The number of ether oxygens (including phenoxy) is 3. The standard InChI is InChI=1S/C28H25I2O3S/c1-2-31-20-33-28-26(29)17-21(18-27(28)30)19-32-22-13-15-25(16-14-22)34(23-9-5-3-6-10-23)24-11-7-4-8-12-24/h3-18H,2,19-20H2,1H3/q+1. The number of hydrogen-bond donors (Lipinski definition) is 0. The molecule has 0 radical (unpaired) electrons. The van der Waals surface area contributed by atoms with Crippen LogP contribution >= 0.6 is 45.2 Å². The van der Waals surface area contributed by atoms with Crippen molar-refractivity contribution in [3.63, 3.8) is 0 Å². The summed E-state index contributed by atoms with van der Waals surface area (Å²) in [6, 6.07) is 34.0. The molecule has 0 fully saturated rings. The van der Waals surface area contributed by atoms with Gasteiger partial charge in [-0.25, -0.2) is 0 Å². The molecule has 4 rings (SSSR count). The monoisotopic (exact) mass is 695 g/mol. The van der Waals surface area contributed by atoms with Crippen LogP contribution in [0.15, 0.2) is 112 Å². The quantitative estimate of drug-likeness (QED) is 0.0731. The van der Waals surface area contributed by atoms with Gasteiger partial charge in [-0.2, -0.15) is 0 Å². The van der Waals surface area contributed by atoms with Crippen molar-refractivity contribution in [1.82, 2.24) is 0 Å². The Morgan fingerprint density at radius 1 is 0.676 bits per heavy atom. The first-order chi connectivity index (χ1) is 16.7. The van der Waals surface area contributed by atoms with Gasteiger partial charge in [0.2, 0.25) is 0 Å². The maximum Gasteiger partial charge on any atom is 0.189 e. The molecule has 0 aliphatic heterocycles. The molecule has 0 bridgehead atoms. The van der Waals surface area contributed by atoms with Gasteiger partial charge >= 0.3 is 0 Å². The largest absolute Gasteiger partial charge is 0.489 e. The van der Waals surface area contributed by atoms with Crippen LogP contribution in [-0.4, -0.2) is 13.4 Å². The zero-order valence-corrected chi connectivity index (χ0v) is 23.9. The highest BCUT2D eigenvalue weighted by molar-refractivity contribution is 14.1. The first kappa shape index (κ1) is 25.3. The molecule has 34 heavy (non-hydrogen) atoms. The van der Waals surface area contributed by atoms with Crippen LogP contribution < -0.4 is 9.47 Å². The fraction of sp³-hybridized carbons (Fsp3) is 0.143. The second-order valence-corrected chi connectivity index (χ2v) is 11.7. The molecular weight excluding hydrogens is 670 g/mol. The van der Waals surface area contributed by atoms with E-state index < -0.39 is 0 Å². The van der Waals surface area contributed by atoms with Crippen molar-refractivity contribution in [3.8, 4) is 11.5 Å². The van der Waals surface area contributed by atoms with Crippen LogP contribution in [0, 0.1) is 7.14 Å². The number of benzene rings is 4. The molecule has 174 valence electrons. The first-order valence-corrected chi connectivity index (χ1v) is 14.3. The topological polar surface area (TPSA) is 27.7 Å². The number of halogens is 2. The average Bonchev–Trinajstić information content (AvgIpc) is 2.87. The van der Waals surface area contributed by atoms with Crippen molar-refractivity contribution < 1.29 is 14.2 Å². The molecule has 0 heterocycles. The summed E-state index contributed by atoms with van der Waals surface area (Å²) in [5.74, 6) is 1.71. The van der Waals surface area contributed by atoms with Crippen LogP contribution in [0.2, 0.25) is 0 Å². The highest BCUT2D eigenvalue weighted by Crippen LogP contribution is 2.33. The van der Waals surface area contributed by atoms with E-state index >= 15 is 0 Å². The molecule has 4 aromatic carbocycles. The summed E-state index contributed by atoms with van der Waals surface area (Å²) < 4.78 is 19.3. The maximum absolute atomic E-state index is 6.12. The summed E-state index contributed by atoms with van der Waals surface area (Å²) >= 11 is 4.60. The summed E-state index contributed by atoms with van der Waals surface area (Å²) in [6.45, 7) is 3.35. The Bertz CT molecular complexity index is 1120. The van der Waals surface area contributed by atoms with Gasteiger partial charge in [0.15, 0.2) is 21.5 Å². The van der Waals surface area contributed by atoms with Gasteiger partial charge in [-0.3, -0.25) is 0 Å². The lowest BCUT2D eigenvalue weighted by atomic mass is 10.2. The predicted molar refractivity (Wildman–Crippen MR) is 155 cm³/mol. The Morgan fingerprint density at radius 2 is 1.21 bits per heavy atom. The van der Waals surface area contributed by atoms with E-state index in [0.717, 1.165) is 24.2 Å². The summed E-state index contributed by atoms with van der Waals surface area (Å²) in [5.41, 5.74) is 1.11. The van der Waals surface area contributed by atoms with Crippen molar-refractivity contribution in [2.24, 2.45) is 0 Å². The molecule has 3 nitrogen and oxygen atoms in total. The Balaban J connectivity index is 1.47. The third-order valence-corrected chi connectivity index (χ3v) is 8.80. The molecule has 0 spiro atoms. The van der Waals surface area contributed by atoms with Crippen LogP contribution in [0.4, 0.5) is 0 Å². The van der Waals surface area contributed by atoms with E-state index in [-0.39, 0.29) is 17.7 Å². The van der Waals surface area contributed by atoms with Gasteiger partial charge in [0.05, 0.1) is 18.0 Å². The second kappa shape index (κ2) is 12.8. The SMILES string of the molecule is CCOCOc1c(I)cc(COc2ccc([S+](c3ccccc3)c3ccccc3)cc2)cc1I. The Labute approximate surface area is 231 Å². The van der Waals surface area contributed by atoms with Crippen molar-refractivity contribution in [1.29, 1.82) is 0 Å². The molecule has 0 saturated carbocycles. The van der Waals surface area contributed by atoms with Crippen molar-refractivity contribution in [3.05, 3.63) is 110 Å². The second-order valence-electron chi connectivity index (χ2n) is 7.34. The van der Waals surface area contributed by atoms with Crippen LogP contribution in [-0.2, 0) is 22.2 Å². The Morgan fingerprint density at radius 3 is 1.74 bits per heavy atom. The lowest BCUT2D eigenvalue weighted by molar-refractivity contribution is 0.0213. The molecular formula is C28H25I2O3S+. The third-order valence-electron chi connectivity index (χ3n) is 4.97. The van der Waals surface area contributed by atoms with Gasteiger partial charge < -0.3 is 14.2 Å². The number of rotatable bonds is 10. The Hall–Kier alpha value is -1.75. The highest BCUT2D eigenvalue weighted by atomic mass is 127. The fourth-order valence-corrected chi connectivity index (χ4v) is 7.67. The molecule has 4 aromatic rings. The highest BCUT2D eigenvalue weighted by Gasteiger charge is 2.28. The van der Waals surface area contributed by atoms with Crippen LogP contribution in [0.1, 0.15) is 12.5 Å². The van der Waals surface area contributed by atoms with Crippen LogP contribution in [0.25, 0.3) is 0 Å². The molecule has 0 unspecified atom stereocenters. The fourth-order valence-electron chi connectivity index (χ4n) is 3.38. The smallest absolute Gasteiger partial charge is 0.189 e. The van der Waals surface area contributed by atoms with Gasteiger partial charge in [-0.05, 0) is 118 Å². The molecule has 0 amide bonds. The predicted octanol–water partition coefficient (Wildman–Crippen LogP) is 7.94. The summed E-state index contributed by atoms with van der Waals surface area (Å²) in [6.07, 6.45) is 0. The zero-order chi connectivity index (χ0) is 23.8. The summed E-state index contributed by atoms with van der Waals surface area (Å²) in [4.78, 5) is 3.88. The molecule has 6 heteroatoms. The molecule has 0 aliphatic rings. The molecule has 0 N–H and O–H groups in total. The third kappa shape index (κ3) is 6.68. The zero-order valence-electron chi connectivity index (χ0n) is 18.7. The lowest BCUT2D eigenvalue weighted by Gasteiger charge is -2.13. The van der Waals surface area contributed by atoms with Crippen molar-refractivity contribution in [2.45, 2.75) is 28.2 Å². The summed E-state index contributed by atoms with van der Waals surface area (Å²) in [5, 5.41) is 0. The first-order valence-electron chi connectivity index (χ1n) is 10.9. The molecule has 0 saturated heterocycles. The maximum atomic E-state index is 6.12. The minimum absolute atomic E-state index is 0.157. The van der Waals surface area contributed by atoms with E-state index in [1.165, 1.54) is 14.7 Å². The number of hydrogen-bond acceptors (Lipinski definition) is 3. The van der Waals surface area contributed by atoms with E-state index in [0.29, 0.717) is 13.2 Å². The van der Waals surface area contributed by atoms with E-state index in [2.05, 4.69) is 142 Å². The minimum Gasteiger partial charge on any atom is -0.489 e. The Kier molecular flexibility index (Phi) is 9.55.